The Labute approximate surface area is 178 Å². The van der Waals surface area contributed by atoms with Crippen LogP contribution >= 0.6 is 0 Å². The number of hydrogen-bond donors (Lipinski definition) is 2. The van der Waals surface area contributed by atoms with Crippen LogP contribution in [-0.4, -0.2) is 18.4 Å². The van der Waals surface area contributed by atoms with E-state index in [0.717, 1.165) is 0 Å². The second kappa shape index (κ2) is 10.4. The highest BCUT2D eigenvalue weighted by Crippen LogP contribution is 2.17. The number of benzene rings is 3. The molecule has 0 aliphatic rings. The molecule has 0 aromatic heterocycles. The van der Waals surface area contributed by atoms with Crippen molar-refractivity contribution >= 4 is 29.3 Å². The van der Waals surface area contributed by atoms with E-state index < -0.39 is 17.6 Å². The van der Waals surface area contributed by atoms with Gasteiger partial charge in [-0.15, -0.1) is 0 Å². The van der Waals surface area contributed by atoms with Crippen molar-refractivity contribution in [2.45, 2.75) is 0 Å². The van der Waals surface area contributed by atoms with Crippen LogP contribution in [0.4, 0.5) is 15.8 Å². The summed E-state index contributed by atoms with van der Waals surface area (Å²) >= 11 is 0. The van der Waals surface area contributed by atoms with Gasteiger partial charge in [-0.05, 0) is 60.2 Å². The van der Waals surface area contributed by atoms with Gasteiger partial charge in [0.1, 0.15) is 23.2 Å². The van der Waals surface area contributed by atoms with Crippen molar-refractivity contribution in [2.75, 3.05) is 17.2 Å². The molecule has 6 nitrogen and oxygen atoms in total. The predicted octanol–water partition coefficient (Wildman–Crippen LogP) is 4.39. The molecule has 7 heteroatoms. The zero-order valence-electron chi connectivity index (χ0n) is 16.3. The smallest absolute Gasteiger partial charge is 0.266 e. The van der Waals surface area contributed by atoms with Gasteiger partial charge in [0, 0.05) is 11.4 Å². The Hall–Kier alpha value is -4.44. The van der Waals surface area contributed by atoms with E-state index in [1.807, 2.05) is 12.1 Å². The van der Waals surface area contributed by atoms with Crippen LogP contribution in [0.3, 0.4) is 0 Å². The predicted molar refractivity (Wildman–Crippen MR) is 116 cm³/mol. The van der Waals surface area contributed by atoms with Crippen LogP contribution in [0.1, 0.15) is 5.56 Å². The number of carbonyl (C=O) groups is 2. The number of halogens is 1. The lowest BCUT2D eigenvalue weighted by atomic mass is 10.1. The van der Waals surface area contributed by atoms with Gasteiger partial charge in [0.15, 0.2) is 6.61 Å². The summed E-state index contributed by atoms with van der Waals surface area (Å²) in [5.74, 6) is -0.941. The largest absolute Gasteiger partial charge is 0.484 e. The summed E-state index contributed by atoms with van der Waals surface area (Å²) < 4.78 is 18.4. The molecular formula is C24H18FN3O3. The van der Waals surface area contributed by atoms with Gasteiger partial charge in [-0.25, -0.2) is 4.39 Å². The number of para-hydroxylation sites is 1. The molecule has 0 aliphatic heterocycles. The van der Waals surface area contributed by atoms with Crippen molar-refractivity contribution in [3.63, 3.8) is 0 Å². The van der Waals surface area contributed by atoms with Gasteiger partial charge < -0.3 is 15.4 Å². The molecule has 0 saturated heterocycles. The maximum Gasteiger partial charge on any atom is 0.266 e. The second-order valence-corrected chi connectivity index (χ2v) is 6.41. The van der Waals surface area contributed by atoms with E-state index >= 15 is 0 Å². The molecule has 0 fully saturated rings. The first-order valence-corrected chi connectivity index (χ1v) is 9.30. The number of anilines is 2. The van der Waals surface area contributed by atoms with Crippen molar-refractivity contribution in [1.82, 2.24) is 0 Å². The summed E-state index contributed by atoms with van der Waals surface area (Å²) in [6, 6.07) is 22.7. The van der Waals surface area contributed by atoms with Crippen LogP contribution in [-0.2, 0) is 9.59 Å². The molecule has 2 N–H and O–H groups in total. The Kier molecular flexibility index (Phi) is 7.12. The zero-order valence-corrected chi connectivity index (χ0v) is 16.3. The normalized spacial score (nSPS) is 10.6. The topological polar surface area (TPSA) is 91.2 Å². The second-order valence-electron chi connectivity index (χ2n) is 6.41. The standard InChI is InChI=1S/C24H18FN3O3/c25-19-9-11-21(12-10-19)27-23(29)16-31-22-8-4-5-17(14-22)13-18(15-26)24(30)28-20-6-2-1-3-7-20/h1-14H,16H2,(H,27,29)(H,28,30). The maximum atomic E-state index is 12.9. The first-order chi connectivity index (χ1) is 15.0. The summed E-state index contributed by atoms with van der Waals surface area (Å²) in [7, 11) is 0. The van der Waals surface area contributed by atoms with Gasteiger partial charge in [0.05, 0.1) is 0 Å². The minimum absolute atomic E-state index is 0.0740. The SMILES string of the molecule is N#CC(=Cc1cccc(OCC(=O)Nc2ccc(F)cc2)c1)C(=O)Nc1ccccc1. The number of nitrogens with zero attached hydrogens (tertiary/aromatic N) is 1. The average molecular weight is 415 g/mol. The van der Waals surface area contributed by atoms with Crippen molar-refractivity contribution in [2.24, 2.45) is 0 Å². The first kappa shape index (κ1) is 21.3. The fourth-order valence-electron chi connectivity index (χ4n) is 2.61. The molecule has 0 bridgehead atoms. The van der Waals surface area contributed by atoms with Crippen LogP contribution in [0.15, 0.2) is 84.4 Å². The van der Waals surface area contributed by atoms with Gasteiger partial charge in [-0.2, -0.15) is 5.26 Å². The van der Waals surface area contributed by atoms with Crippen LogP contribution in [0.25, 0.3) is 6.08 Å². The van der Waals surface area contributed by atoms with E-state index in [2.05, 4.69) is 10.6 Å². The van der Waals surface area contributed by atoms with Crippen molar-refractivity contribution < 1.29 is 18.7 Å². The number of ether oxygens (including phenoxy) is 1. The lowest BCUT2D eigenvalue weighted by Gasteiger charge is -2.08. The minimum Gasteiger partial charge on any atom is -0.484 e. The Bertz CT molecular complexity index is 1140. The quantitative estimate of drug-likeness (QED) is 0.442. The van der Waals surface area contributed by atoms with Crippen molar-refractivity contribution in [3.8, 4) is 11.8 Å². The van der Waals surface area contributed by atoms with Crippen LogP contribution < -0.4 is 15.4 Å². The molecule has 3 aromatic carbocycles. The van der Waals surface area contributed by atoms with E-state index in [1.165, 1.54) is 30.3 Å². The van der Waals surface area contributed by atoms with E-state index in [1.54, 1.807) is 48.5 Å². The minimum atomic E-state index is -0.529. The summed E-state index contributed by atoms with van der Waals surface area (Å²) in [5.41, 5.74) is 1.53. The molecule has 0 saturated carbocycles. The average Bonchev–Trinajstić information content (AvgIpc) is 2.78. The zero-order chi connectivity index (χ0) is 22.1. The monoisotopic (exact) mass is 415 g/mol. The molecule has 3 rings (SSSR count). The van der Waals surface area contributed by atoms with Gasteiger partial charge in [-0.1, -0.05) is 30.3 Å². The molecule has 154 valence electrons. The van der Waals surface area contributed by atoms with Gasteiger partial charge in [0.25, 0.3) is 11.8 Å². The third kappa shape index (κ3) is 6.54. The fourth-order valence-corrected chi connectivity index (χ4v) is 2.61. The number of nitrogens with one attached hydrogen (secondary N) is 2. The Morgan fingerprint density at radius 3 is 2.35 bits per heavy atom. The number of carbonyl (C=O) groups excluding carboxylic acids is 2. The number of nitriles is 1. The van der Waals surface area contributed by atoms with E-state index in [0.29, 0.717) is 22.7 Å². The lowest BCUT2D eigenvalue weighted by molar-refractivity contribution is -0.118. The Balaban J connectivity index is 1.61. The molecular weight excluding hydrogens is 397 g/mol. The van der Waals surface area contributed by atoms with Gasteiger partial charge in [0.2, 0.25) is 0 Å². The highest BCUT2D eigenvalue weighted by atomic mass is 19.1. The molecule has 31 heavy (non-hydrogen) atoms. The highest BCUT2D eigenvalue weighted by Gasteiger charge is 2.10. The first-order valence-electron chi connectivity index (χ1n) is 9.30. The highest BCUT2D eigenvalue weighted by molar-refractivity contribution is 6.09. The summed E-state index contributed by atoms with van der Waals surface area (Å²) in [6.45, 7) is -0.260. The van der Waals surface area contributed by atoms with Crippen molar-refractivity contribution in [3.05, 3.63) is 95.8 Å². The van der Waals surface area contributed by atoms with E-state index in [4.69, 9.17) is 4.74 Å². The van der Waals surface area contributed by atoms with Crippen LogP contribution in [0.2, 0.25) is 0 Å². The third-order valence-corrected chi connectivity index (χ3v) is 4.06. The van der Waals surface area contributed by atoms with Gasteiger partial charge >= 0.3 is 0 Å². The van der Waals surface area contributed by atoms with E-state index in [-0.39, 0.29) is 12.2 Å². The van der Waals surface area contributed by atoms with Crippen LogP contribution in [0.5, 0.6) is 5.75 Å². The van der Waals surface area contributed by atoms with Crippen LogP contribution in [0, 0.1) is 17.1 Å². The van der Waals surface area contributed by atoms with Gasteiger partial charge in [-0.3, -0.25) is 9.59 Å². The molecule has 0 atom stereocenters. The number of hydrogen-bond acceptors (Lipinski definition) is 4. The number of rotatable bonds is 7. The summed E-state index contributed by atoms with van der Waals surface area (Å²) in [6.07, 6.45) is 1.43. The summed E-state index contributed by atoms with van der Waals surface area (Å²) in [4.78, 5) is 24.3. The number of amides is 2. The molecule has 2 amide bonds. The van der Waals surface area contributed by atoms with E-state index in [9.17, 15) is 19.2 Å². The molecule has 0 spiro atoms. The molecule has 0 unspecified atom stereocenters. The fraction of sp³-hybridized carbons (Fsp3) is 0.0417. The maximum absolute atomic E-state index is 12.9. The van der Waals surface area contributed by atoms with Crippen molar-refractivity contribution in [1.29, 1.82) is 5.26 Å². The lowest BCUT2D eigenvalue weighted by Crippen LogP contribution is -2.20. The molecule has 0 heterocycles. The molecule has 0 aliphatic carbocycles. The summed E-state index contributed by atoms with van der Waals surface area (Å²) in [5, 5.41) is 14.6. The molecule has 3 aromatic rings. The third-order valence-electron chi connectivity index (χ3n) is 4.06. The molecule has 0 radical (unpaired) electrons. The Morgan fingerprint density at radius 2 is 1.65 bits per heavy atom. The Morgan fingerprint density at radius 1 is 0.935 bits per heavy atom.